The molecule has 1 N–H and O–H groups in total. The van der Waals surface area contributed by atoms with Crippen molar-refractivity contribution >= 4 is 5.91 Å². The lowest BCUT2D eigenvalue weighted by molar-refractivity contribution is -0.122. The lowest BCUT2D eigenvalue weighted by Crippen LogP contribution is -2.48. The third-order valence-corrected chi connectivity index (χ3v) is 5.45. The topological polar surface area (TPSA) is 41.6 Å². The molecule has 0 saturated carbocycles. The molecule has 0 bridgehead atoms. The second-order valence-corrected chi connectivity index (χ2v) is 7.16. The van der Waals surface area contributed by atoms with Gasteiger partial charge in [0.25, 0.3) is 0 Å². The van der Waals surface area contributed by atoms with Crippen molar-refractivity contribution in [3.05, 3.63) is 35.9 Å². The smallest absolute Gasteiger partial charge is 0.220 e. The Morgan fingerprint density at radius 1 is 1.30 bits per heavy atom. The van der Waals surface area contributed by atoms with E-state index >= 15 is 0 Å². The lowest BCUT2D eigenvalue weighted by atomic mass is 9.72. The molecule has 0 unspecified atom stereocenters. The molecule has 2 aliphatic rings. The minimum Gasteiger partial charge on any atom is -0.381 e. The van der Waals surface area contributed by atoms with Gasteiger partial charge in [-0.05, 0) is 50.9 Å². The molecule has 1 aromatic carbocycles. The minimum atomic E-state index is 0.0790. The van der Waals surface area contributed by atoms with Gasteiger partial charge < -0.3 is 15.0 Å². The fraction of sp³-hybridized carbons (Fsp3) is 0.632. The fourth-order valence-electron chi connectivity index (χ4n) is 3.75. The molecule has 126 valence electrons. The summed E-state index contributed by atoms with van der Waals surface area (Å²) < 4.78 is 5.37. The van der Waals surface area contributed by atoms with Crippen LogP contribution in [0.4, 0.5) is 0 Å². The van der Waals surface area contributed by atoms with E-state index in [2.05, 4.69) is 47.6 Å². The third-order valence-electron chi connectivity index (χ3n) is 5.45. The Bertz CT molecular complexity index is 503. The summed E-state index contributed by atoms with van der Waals surface area (Å²) in [5, 5.41) is 3.22. The molecular formula is C19H28N2O2. The minimum absolute atomic E-state index is 0.0790. The second kappa shape index (κ2) is 7.45. The number of carbonyl (C=O) groups is 1. The number of carbonyl (C=O) groups excluding carboxylic acids is 1. The van der Waals surface area contributed by atoms with Gasteiger partial charge in [0.05, 0.1) is 0 Å². The third kappa shape index (κ3) is 4.12. The van der Waals surface area contributed by atoms with E-state index in [-0.39, 0.29) is 11.3 Å². The van der Waals surface area contributed by atoms with Crippen molar-refractivity contribution in [2.75, 3.05) is 39.9 Å². The first-order valence-corrected chi connectivity index (χ1v) is 8.76. The van der Waals surface area contributed by atoms with Crippen LogP contribution in [0.5, 0.6) is 0 Å². The van der Waals surface area contributed by atoms with Gasteiger partial charge in [-0.2, -0.15) is 0 Å². The van der Waals surface area contributed by atoms with Crippen LogP contribution in [0.15, 0.2) is 30.3 Å². The monoisotopic (exact) mass is 316 g/mol. The van der Waals surface area contributed by atoms with Crippen LogP contribution in [-0.2, 0) is 14.9 Å². The van der Waals surface area contributed by atoms with Gasteiger partial charge in [-0.1, -0.05) is 30.3 Å². The van der Waals surface area contributed by atoms with Crippen molar-refractivity contribution in [1.29, 1.82) is 0 Å². The number of nitrogens with zero attached hydrogens (tertiary/aromatic N) is 1. The Hall–Kier alpha value is -1.39. The number of nitrogens with one attached hydrogen (secondary N) is 1. The highest BCUT2D eigenvalue weighted by molar-refractivity contribution is 5.76. The summed E-state index contributed by atoms with van der Waals surface area (Å²) in [5.74, 6) is 0.579. The maximum absolute atomic E-state index is 12.3. The van der Waals surface area contributed by atoms with Crippen LogP contribution in [0.25, 0.3) is 0 Å². The number of likely N-dealkylation sites (tertiary alicyclic amines) is 1. The highest BCUT2D eigenvalue weighted by atomic mass is 16.5. The van der Waals surface area contributed by atoms with Crippen molar-refractivity contribution in [2.24, 2.45) is 5.92 Å². The van der Waals surface area contributed by atoms with E-state index in [1.54, 1.807) is 0 Å². The van der Waals surface area contributed by atoms with E-state index in [1.165, 1.54) is 5.56 Å². The highest BCUT2D eigenvalue weighted by Crippen LogP contribution is 2.34. The van der Waals surface area contributed by atoms with Gasteiger partial charge in [0, 0.05) is 31.6 Å². The molecule has 2 aliphatic heterocycles. The maximum atomic E-state index is 12.3. The van der Waals surface area contributed by atoms with Crippen LogP contribution >= 0.6 is 0 Å². The maximum Gasteiger partial charge on any atom is 0.220 e. The van der Waals surface area contributed by atoms with Gasteiger partial charge in [0.15, 0.2) is 0 Å². The normalized spacial score (nSPS) is 24.5. The van der Waals surface area contributed by atoms with Gasteiger partial charge in [0.2, 0.25) is 5.91 Å². The number of amides is 1. The van der Waals surface area contributed by atoms with Gasteiger partial charge in [0.1, 0.15) is 0 Å². The molecule has 4 nitrogen and oxygen atoms in total. The van der Waals surface area contributed by atoms with E-state index in [0.717, 1.165) is 52.1 Å². The zero-order valence-corrected chi connectivity index (χ0v) is 14.1. The first-order chi connectivity index (χ1) is 11.2. The average Bonchev–Trinajstić information content (AvgIpc) is 3.08. The Morgan fingerprint density at radius 2 is 2.04 bits per heavy atom. The molecule has 0 aliphatic carbocycles. The first-order valence-electron chi connectivity index (χ1n) is 8.76. The summed E-state index contributed by atoms with van der Waals surface area (Å²) in [7, 11) is 2.17. The quantitative estimate of drug-likeness (QED) is 0.905. The number of hydrogen-bond acceptors (Lipinski definition) is 3. The van der Waals surface area contributed by atoms with Crippen LogP contribution in [-0.4, -0.2) is 50.7 Å². The molecule has 2 saturated heterocycles. The number of ether oxygens (including phenoxy) is 1. The van der Waals surface area contributed by atoms with Crippen LogP contribution in [0.3, 0.4) is 0 Å². The number of benzene rings is 1. The highest BCUT2D eigenvalue weighted by Gasteiger charge is 2.35. The predicted octanol–water partition coefficient (Wildman–Crippen LogP) is 2.19. The molecule has 2 heterocycles. The molecule has 0 spiro atoms. The Morgan fingerprint density at radius 3 is 2.70 bits per heavy atom. The van der Waals surface area contributed by atoms with Crippen molar-refractivity contribution in [2.45, 2.75) is 31.1 Å². The van der Waals surface area contributed by atoms with E-state index in [4.69, 9.17) is 4.74 Å². The lowest BCUT2D eigenvalue weighted by Gasteiger charge is -2.41. The molecule has 0 aromatic heterocycles. The van der Waals surface area contributed by atoms with Crippen molar-refractivity contribution < 1.29 is 9.53 Å². The zero-order chi connectivity index (χ0) is 16.1. The van der Waals surface area contributed by atoms with E-state index in [0.29, 0.717) is 12.3 Å². The zero-order valence-electron chi connectivity index (χ0n) is 14.1. The SMILES string of the molecule is CN1CCC(CNC(=O)C[C@H]2CCOC2)(c2ccccc2)CC1. The first kappa shape index (κ1) is 16.5. The summed E-state index contributed by atoms with van der Waals surface area (Å²) in [4.78, 5) is 14.7. The van der Waals surface area contributed by atoms with Gasteiger partial charge >= 0.3 is 0 Å². The van der Waals surface area contributed by atoms with E-state index < -0.39 is 0 Å². The van der Waals surface area contributed by atoms with Gasteiger partial charge in [-0.3, -0.25) is 4.79 Å². The summed E-state index contributed by atoms with van der Waals surface area (Å²) in [6.07, 6.45) is 3.81. The van der Waals surface area contributed by atoms with Crippen molar-refractivity contribution in [1.82, 2.24) is 10.2 Å². The largest absolute Gasteiger partial charge is 0.381 e. The van der Waals surface area contributed by atoms with E-state index in [9.17, 15) is 4.79 Å². The summed E-state index contributed by atoms with van der Waals surface area (Å²) in [5.41, 5.74) is 1.44. The summed E-state index contributed by atoms with van der Waals surface area (Å²) >= 11 is 0. The fourth-order valence-corrected chi connectivity index (χ4v) is 3.75. The molecule has 0 radical (unpaired) electrons. The van der Waals surface area contributed by atoms with Crippen molar-refractivity contribution in [3.8, 4) is 0 Å². The molecule has 23 heavy (non-hydrogen) atoms. The number of rotatable bonds is 5. The summed E-state index contributed by atoms with van der Waals surface area (Å²) in [6.45, 7) is 4.46. The number of piperidine rings is 1. The van der Waals surface area contributed by atoms with Crippen LogP contribution in [0, 0.1) is 5.92 Å². The molecule has 3 rings (SSSR count). The Labute approximate surface area is 139 Å². The molecule has 2 fully saturated rings. The van der Waals surface area contributed by atoms with Crippen molar-refractivity contribution in [3.63, 3.8) is 0 Å². The second-order valence-electron chi connectivity index (χ2n) is 7.16. The molecule has 1 aromatic rings. The summed E-state index contributed by atoms with van der Waals surface area (Å²) in [6, 6.07) is 10.7. The standard InChI is InChI=1S/C19H28N2O2/c1-21-10-8-19(9-11-21,17-5-3-2-4-6-17)15-20-18(22)13-16-7-12-23-14-16/h2-6,16H,7-15H2,1H3,(H,20,22)/t16-/m1/s1. The van der Waals surface area contributed by atoms with E-state index in [1.807, 2.05) is 0 Å². The number of hydrogen-bond donors (Lipinski definition) is 1. The van der Waals surface area contributed by atoms with Gasteiger partial charge in [-0.25, -0.2) is 0 Å². The van der Waals surface area contributed by atoms with Crippen LogP contribution < -0.4 is 5.32 Å². The van der Waals surface area contributed by atoms with Gasteiger partial charge in [-0.15, -0.1) is 0 Å². The Kier molecular flexibility index (Phi) is 5.34. The average molecular weight is 316 g/mol. The predicted molar refractivity (Wildman–Crippen MR) is 91.4 cm³/mol. The molecule has 1 amide bonds. The Balaban J connectivity index is 1.63. The molecular weight excluding hydrogens is 288 g/mol. The van der Waals surface area contributed by atoms with Crippen LogP contribution in [0.2, 0.25) is 0 Å². The molecule has 1 atom stereocenters. The molecule has 4 heteroatoms. The van der Waals surface area contributed by atoms with Crippen LogP contribution in [0.1, 0.15) is 31.2 Å².